The van der Waals surface area contributed by atoms with E-state index in [-0.39, 0.29) is 22.7 Å². The van der Waals surface area contributed by atoms with E-state index in [2.05, 4.69) is 5.11 Å². The minimum atomic E-state index is -0.905. The molecule has 2 aromatic rings. The lowest BCUT2D eigenvalue weighted by Crippen LogP contribution is -2.33. The van der Waals surface area contributed by atoms with Gasteiger partial charge in [0.2, 0.25) is 11.8 Å². The summed E-state index contributed by atoms with van der Waals surface area (Å²) in [4.78, 5) is 22.7. The van der Waals surface area contributed by atoms with Gasteiger partial charge in [-0.25, -0.2) is 10.3 Å². The largest absolute Gasteiger partial charge is 0.494 e. The molecule has 1 aliphatic rings. The molecule has 2 atom stereocenters. The first kappa shape index (κ1) is 16.7. The Hall–Kier alpha value is -3.10. The maximum absolute atomic E-state index is 11.6. The third-order valence-corrected chi connectivity index (χ3v) is 4.57. The molecule has 1 aliphatic carbocycles. The van der Waals surface area contributed by atoms with Gasteiger partial charge in [0, 0.05) is 16.3 Å². The Balaban J connectivity index is 2.10. The Kier molecular flexibility index (Phi) is 4.30. The average Bonchev–Trinajstić information content (AvgIpc) is 2.85. The van der Waals surface area contributed by atoms with Gasteiger partial charge in [-0.15, -0.1) is 5.11 Å². The summed E-state index contributed by atoms with van der Waals surface area (Å²) < 4.78 is 6.45. The predicted octanol–water partition coefficient (Wildman–Crippen LogP) is 2.80. The van der Waals surface area contributed by atoms with E-state index in [9.17, 15) is 19.8 Å². The molecule has 132 valence electrons. The molecule has 1 aromatic heterocycles. The lowest BCUT2D eigenvalue weighted by atomic mass is 9.92. The van der Waals surface area contributed by atoms with Gasteiger partial charge in [-0.1, -0.05) is 6.42 Å². The van der Waals surface area contributed by atoms with Crippen LogP contribution in [0.15, 0.2) is 23.3 Å². The summed E-state index contributed by atoms with van der Waals surface area (Å²) in [7, 11) is 0. The number of aromatic hydroxyl groups is 2. The highest BCUT2D eigenvalue weighted by molar-refractivity contribution is 6.01. The Bertz CT molecular complexity index is 860. The second kappa shape index (κ2) is 6.42. The molecule has 9 nitrogen and oxygen atoms in total. The Morgan fingerprint density at radius 1 is 1.20 bits per heavy atom. The highest BCUT2D eigenvalue weighted by Crippen LogP contribution is 2.44. The van der Waals surface area contributed by atoms with E-state index in [1.807, 2.05) is 0 Å². The van der Waals surface area contributed by atoms with Gasteiger partial charge in [0.15, 0.2) is 0 Å². The van der Waals surface area contributed by atoms with Gasteiger partial charge >= 0.3 is 6.09 Å². The molecular weight excluding hydrogens is 328 g/mol. The van der Waals surface area contributed by atoms with E-state index < -0.39 is 24.1 Å². The second-order valence-corrected chi connectivity index (χ2v) is 6.02. The summed E-state index contributed by atoms with van der Waals surface area (Å²) in [6, 6.07) is 3.80. The van der Waals surface area contributed by atoms with Crippen molar-refractivity contribution < 1.29 is 24.5 Å². The number of aromatic nitrogens is 1. The number of hydrogen-bond donors (Lipinski definition) is 4. The van der Waals surface area contributed by atoms with Crippen molar-refractivity contribution in [1.82, 2.24) is 4.57 Å². The molecule has 5 N–H and O–H groups in total. The molecule has 0 radical (unpaired) electrons. The van der Waals surface area contributed by atoms with Gasteiger partial charge in [0.25, 0.3) is 5.91 Å². The Morgan fingerprint density at radius 3 is 2.56 bits per heavy atom. The lowest BCUT2D eigenvalue weighted by molar-refractivity contribution is 0.0426. The number of rotatable bonds is 3. The summed E-state index contributed by atoms with van der Waals surface area (Å²) in [5, 5.41) is 24.6. The molecule has 1 saturated carbocycles. The number of nitrogens with zero attached hydrogens (tertiary/aromatic N) is 2. The number of nitrogens with two attached hydrogens (primary N) is 1. The molecule has 0 spiro atoms. The van der Waals surface area contributed by atoms with Crippen molar-refractivity contribution >= 4 is 22.8 Å². The number of fused-ring (bicyclic) bond motifs is 1. The monoisotopic (exact) mass is 346 g/mol. The third kappa shape index (κ3) is 2.88. The van der Waals surface area contributed by atoms with E-state index in [0.717, 1.165) is 12.8 Å². The first-order valence-electron chi connectivity index (χ1n) is 7.87. The average molecular weight is 346 g/mol. The van der Waals surface area contributed by atoms with Gasteiger partial charge in [-0.05, 0) is 37.5 Å². The minimum absolute atomic E-state index is 0.128. The number of hydrogen-bond acceptors (Lipinski definition) is 6. The first-order chi connectivity index (χ1) is 11.9. The number of primary amides is 1. The van der Waals surface area contributed by atoms with Crippen LogP contribution in [0.4, 0.5) is 4.79 Å². The van der Waals surface area contributed by atoms with Crippen molar-refractivity contribution in [2.45, 2.75) is 37.8 Å². The fraction of sp³-hybridized carbons (Fsp3) is 0.375. The van der Waals surface area contributed by atoms with Crippen LogP contribution in [0.5, 0.6) is 11.8 Å². The molecule has 9 heteroatoms. The summed E-state index contributed by atoms with van der Waals surface area (Å²) in [5.74, 6) is -1.17. The SMILES string of the molecule is N=NC(=O)c1ccc2c(O)n([C@@H]3CCCC[C@H]3OC(N)=O)c(O)c2c1. The molecular formula is C16H18N4O5. The first-order valence-corrected chi connectivity index (χ1v) is 7.87. The molecule has 0 aliphatic heterocycles. The second-order valence-electron chi connectivity index (χ2n) is 6.02. The minimum Gasteiger partial charge on any atom is -0.494 e. The van der Waals surface area contributed by atoms with Gasteiger partial charge in [-0.3, -0.25) is 9.36 Å². The Morgan fingerprint density at radius 2 is 1.88 bits per heavy atom. The third-order valence-electron chi connectivity index (χ3n) is 4.57. The van der Waals surface area contributed by atoms with Crippen LogP contribution in [-0.2, 0) is 4.74 Å². The van der Waals surface area contributed by atoms with Crippen LogP contribution in [0.3, 0.4) is 0 Å². The number of ether oxygens (including phenoxy) is 1. The lowest BCUT2D eigenvalue weighted by Gasteiger charge is -2.32. The fourth-order valence-corrected chi connectivity index (χ4v) is 3.46. The van der Waals surface area contributed by atoms with Gasteiger partial charge in [0.05, 0.1) is 6.04 Å². The molecule has 0 bridgehead atoms. The van der Waals surface area contributed by atoms with E-state index in [1.54, 1.807) is 0 Å². The van der Waals surface area contributed by atoms with Crippen molar-refractivity contribution in [2.75, 3.05) is 0 Å². The summed E-state index contributed by atoms with van der Waals surface area (Å²) in [6.07, 6.45) is 1.39. The fourth-order valence-electron chi connectivity index (χ4n) is 3.46. The number of nitrogens with one attached hydrogen (secondary N) is 1. The maximum Gasteiger partial charge on any atom is 0.404 e. The van der Waals surface area contributed by atoms with Crippen LogP contribution >= 0.6 is 0 Å². The summed E-state index contributed by atoms with van der Waals surface area (Å²) >= 11 is 0. The van der Waals surface area contributed by atoms with Crippen LogP contribution in [-0.4, -0.2) is 32.9 Å². The smallest absolute Gasteiger partial charge is 0.404 e. The molecule has 0 saturated heterocycles. The standard InChI is InChI=1S/C16H18N4O5/c17-16(24)25-12-4-2-1-3-11(12)20-14(22)9-6-5-8(13(21)19-18)7-10(9)15(20)23/h5-7,11-12,18,22-23H,1-4H2,(H2,17,24)/t11-,12-/m1/s1. The molecule has 1 aromatic carbocycles. The van der Waals surface area contributed by atoms with E-state index in [1.165, 1.54) is 22.8 Å². The predicted molar refractivity (Wildman–Crippen MR) is 86.7 cm³/mol. The van der Waals surface area contributed by atoms with Crippen molar-refractivity contribution in [2.24, 2.45) is 10.8 Å². The van der Waals surface area contributed by atoms with Gasteiger partial charge in [0.1, 0.15) is 6.10 Å². The normalized spacial score (nSPS) is 20.3. The molecule has 1 heterocycles. The Labute approximate surface area is 142 Å². The molecule has 2 amide bonds. The van der Waals surface area contributed by atoms with E-state index in [0.29, 0.717) is 18.2 Å². The van der Waals surface area contributed by atoms with E-state index in [4.69, 9.17) is 16.0 Å². The molecule has 0 unspecified atom stereocenters. The number of carbonyl (C=O) groups is 2. The van der Waals surface area contributed by atoms with Gasteiger partial charge in [-0.2, -0.15) is 0 Å². The van der Waals surface area contributed by atoms with Crippen LogP contribution < -0.4 is 5.73 Å². The van der Waals surface area contributed by atoms with Crippen LogP contribution in [0.25, 0.3) is 10.8 Å². The zero-order valence-electron chi connectivity index (χ0n) is 13.3. The van der Waals surface area contributed by atoms with E-state index >= 15 is 0 Å². The van der Waals surface area contributed by atoms with Crippen molar-refractivity contribution in [1.29, 1.82) is 5.53 Å². The number of amides is 2. The number of benzene rings is 1. The summed E-state index contributed by atoms with van der Waals surface area (Å²) in [6.45, 7) is 0. The van der Waals surface area contributed by atoms with Crippen LogP contribution in [0.2, 0.25) is 0 Å². The quantitative estimate of drug-likeness (QED) is 0.630. The maximum atomic E-state index is 11.6. The highest BCUT2D eigenvalue weighted by atomic mass is 16.6. The van der Waals surface area contributed by atoms with Crippen LogP contribution in [0, 0.1) is 5.53 Å². The zero-order chi connectivity index (χ0) is 18.1. The van der Waals surface area contributed by atoms with Gasteiger partial charge < -0.3 is 20.7 Å². The van der Waals surface area contributed by atoms with Crippen molar-refractivity contribution in [3.63, 3.8) is 0 Å². The highest BCUT2D eigenvalue weighted by Gasteiger charge is 2.33. The topological polar surface area (TPSA) is 151 Å². The molecule has 1 fully saturated rings. The molecule has 25 heavy (non-hydrogen) atoms. The zero-order valence-corrected chi connectivity index (χ0v) is 13.3. The molecule has 3 rings (SSSR count). The van der Waals surface area contributed by atoms with Crippen LogP contribution in [0.1, 0.15) is 42.1 Å². The van der Waals surface area contributed by atoms with Crippen molar-refractivity contribution in [3.05, 3.63) is 23.8 Å². The summed E-state index contributed by atoms with van der Waals surface area (Å²) in [5.41, 5.74) is 12.1. The van der Waals surface area contributed by atoms with Crippen molar-refractivity contribution in [3.8, 4) is 11.8 Å². The number of carbonyl (C=O) groups excluding carboxylic acids is 2.